The number of hydrogen-bond donors (Lipinski definition) is 2. The van der Waals surface area contributed by atoms with Crippen LogP contribution < -0.4 is 0 Å². The molecule has 1 aliphatic carbocycles. The molecule has 1 aliphatic rings. The Morgan fingerprint density at radius 1 is 1.21 bits per heavy atom. The zero-order valence-electron chi connectivity index (χ0n) is 11.3. The predicted octanol–water partition coefficient (Wildman–Crippen LogP) is 3.00. The molecule has 3 atom stereocenters. The van der Waals surface area contributed by atoms with E-state index in [2.05, 4.69) is 0 Å². The Morgan fingerprint density at radius 2 is 1.89 bits per heavy atom. The molecular formula is C16H20O3. The first-order valence-electron chi connectivity index (χ1n) is 6.63. The monoisotopic (exact) mass is 260 g/mol. The summed E-state index contributed by atoms with van der Waals surface area (Å²) in [6.45, 7) is 4.02. The molecule has 0 aliphatic heterocycles. The molecule has 2 N–H and O–H groups in total. The molecule has 3 unspecified atom stereocenters. The average molecular weight is 260 g/mol. The number of hydrogen-bond acceptors (Lipinski definition) is 2. The Labute approximate surface area is 113 Å². The Kier molecular flexibility index (Phi) is 4.05. The van der Waals surface area contributed by atoms with E-state index in [0.29, 0.717) is 12.8 Å². The minimum absolute atomic E-state index is 0.246. The number of aliphatic hydroxyl groups is 1. The van der Waals surface area contributed by atoms with Crippen molar-refractivity contribution in [3.05, 3.63) is 47.0 Å². The van der Waals surface area contributed by atoms with E-state index in [1.807, 2.05) is 44.2 Å². The highest BCUT2D eigenvalue weighted by molar-refractivity contribution is 5.71. The summed E-state index contributed by atoms with van der Waals surface area (Å²) in [6.07, 6.45) is 4.26. The number of carboxylic acids is 1. The summed E-state index contributed by atoms with van der Waals surface area (Å²) in [5, 5.41) is 19.7. The van der Waals surface area contributed by atoms with Crippen LogP contribution in [0.2, 0.25) is 0 Å². The van der Waals surface area contributed by atoms with E-state index in [0.717, 1.165) is 11.1 Å². The fourth-order valence-corrected chi connectivity index (χ4v) is 2.66. The highest BCUT2D eigenvalue weighted by atomic mass is 16.4. The van der Waals surface area contributed by atoms with E-state index in [4.69, 9.17) is 0 Å². The third-order valence-corrected chi connectivity index (χ3v) is 4.08. The van der Waals surface area contributed by atoms with Gasteiger partial charge in [0.15, 0.2) is 0 Å². The Hall–Kier alpha value is -1.61. The maximum absolute atomic E-state index is 11.3. The van der Waals surface area contributed by atoms with Crippen molar-refractivity contribution < 1.29 is 15.0 Å². The molecule has 0 radical (unpaired) electrons. The SMILES string of the molecule is Cc1ccc(C(O)C2CC=CCC2C(=O)O)cc1C. The molecule has 0 fully saturated rings. The van der Waals surface area contributed by atoms with Crippen LogP contribution in [0.4, 0.5) is 0 Å². The standard InChI is InChI=1S/C16H20O3/c1-10-7-8-12(9-11(10)2)15(17)13-5-3-4-6-14(13)16(18)19/h3-4,7-9,13-15,17H,5-6H2,1-2H3,(H,18,19). The van der Waals surface area contributed by atoms with Crippen molar-refractivity contribution in [1.29, 1.82) is 0 Å². The first kappa shape index (κ1) is 13.8. The summed E-state index contributed by atoms with van der Waals surface area (Å²) in [5.41, 5.74) is 3.11. The second kappa shape index (κ2) is 5.57. The van der Waals surface area contributed by atoms with Crippen molar-refractivity contribution in [3.63, 3.8) is 0 Å². The van der Waals surface area contributed by atoms with Crippen molar-refractivity contribution in [2.24, 2.45) is 11.8 Å². The van der Waals surface area contributed by atoms with Crippen LogP contribution in [-0.2, 0) is 4.79 Å². The average Bonchev–Trinajstić information content (AvgIpc) is 2.41. The van der Waals surface area contributed by atoms with Gasteiger partial charge in [-0.15, -0.1) is 0 Å². The summed E-state index contributed by atoms with van der Waals surface area (Å²) in [5.74, 6) is -1.57. The number of benzene rings is 1. The normalized spacial score (nSPS) is 24.2. The molecule has 0 saturated carbocycles. The summed E-state index contributed by atoms with van der Waals surface area (Å²) in [7, 11) is 0. The Morgan fingerprint density at radius 3 is 2.53 bits per heavy atom. The summed E-state index contributed by atoms with van der Waals surface area (Å²) in [4.78, 5) is 11.3. The van der Waals surface area contributed by atoms with Crippen LogP contribution in [0.25, 0.3) is 0 Å². The third kappa shape index (κ3) is 2.87. The summed E-state index contributed by atoms with van der Waals surface area (Å²) < 4.78 is 0. The minimum atomic E-state index is -0.822. The van der Waals surface area contributed by atoms with E-state index in [9.17, 15) is 15.0 Å². The first-order valence-corrected chi connectivity index (χ1v) is 6.63. The van der Waals surface area contributed by atoms with E-state index >= 15 is 0 Å². The second-order valence-corrected chi connectivity index (χ2v) is 5.34. The highest BCUT2D eigenvalue weighted by Gasteiger charge is 2.34. The first-order chi connectivity index (χ1) is 9.00. The van der Waals surface area contributed by atoms with Gasteiger partial charge in [-0.1, -0.05) is 30.4 Å². The van der Waals surface area contributed by atoms with Crippen LogP contribution in [0.1, 0.15) is 35.6 Å². The number of aliphatic hydroxyl groups excluding tert-OH is 1. The smallest absolute Gasteiger partial charge is 0.307 e. The van der Waals surface area contributed by atoms with Gasteiger partial charge in [0.05, 0.1) is 12.0 Å². The van der Waals surface area contributed by atoms with Crippen LogP contribution in [-0.4, -0.2) is 16.2 Å². The lowest BCUT2D eigenvalue weighted by molar-refractivity contribution is -0.145. The van der Waals surface area contributed by atoms with Crippen molar-refractivity contribution >= 4 is 5.97 Å². The van der Waals surface area contributed by atoms with Crippen molar-refractivity contribution in [3.8, 4) is 0 Å². The number of carbonyl (C=O) groups is 1. The molecule has 102 valence electrons. The minimum Gasteiger partial charge on any atom is -0.481 e. The molecule has 0 spiro atoms. The lowest BCUT2D eigenvalue weighted by Gasteiger charge is -2.30. The van der Waals surface area contributed by atoms with E-state index in [1.165, 1.54) is 5.56 Å². The molecule has 19 heavy (non-hydrogen) atoms. The van der Waals surface area contributed by atoms with Gasteiger partial charge in [-0.3, -0.25) is 4.79 Å². The van der Waals surface area contributed by atoms with Crippen LogP contribution in [0.3, 0.4) is 0 Å². The fraction of sp³-hybridized carbons (Fsp3) is 0.438. The molecule has 1 aromatic carbocycles. The lowest BCUT2D eigenvalue weighted by atomic mass is 9.77. The zero-order valence-corrected chi connectivity index (χ0v) is 11.3. The van der Waals surface area contributed by atoms with Gasteiger partial charge in [-0.2, -0.15) is 0 Å². The Bertz CT molecular complexity index is 505. The molecule has 0 aromatic heterocycles. The van der Waals surface area contributed by atoms with Gasteiger partial charge in [-0.25, -0.2) is 0 Å². The van der Waals surface area contributed by atoms with Crippen LogP contribution in [0, 0.1) is 25.7 Å². The molecule has 0 bridgehead atoms. The molecule has 0 heterocycles. The van der Waals surface area contributed by atoms with Gasteiger partial charge in [-0.05, 0) is 43.4 Å². The van der Waals surface area contributed by atoms with E-state index < -0.39 is 18.0 Å². The van der Waals surface area contributed by atoms with Gasteiger partial charge < -0.3 is 10.2 Å². The van der Waals surface area contributed by atoms with Gasteiger partial charge in [0, 0.05) is 5.92 Å². The van der Waals surface area contributed by atoms with Crippen molar-refractivity contribution in [2.45, 2.75) is 32.8 Å². The molecular weight excluding hydrogens is 240 g/mol. The number of rotatable bonds is 3. The summed E-state index contributed by atoms with van der Waals surface area (Å²) in [6, 6.07) is 5.82. The Balaban J connectivity index is 2.26. The predicted molar refractivity (Wildman–Crippen MR) is 73.9 cm³/mol. The van der Waals surface area contributed by atoms with Gasteiger partial charge in [0.1, 0.15) is 0 Å². The van der Waals surface area contributed by atoms with Gasteiger partial charge in [0.2, 0.25) is 0 Å². The van der Waals surface area contributed by atoms with Crippen LogP contribution in [0.5, 0.6) is 0 Å². The van der Waals surface area contributed by atoms with Crippen molar-refractivity contribution in [1.82, 2.24) is 0 Å². The highest BCUT2D eigenvalue weighted by Crippen LogP contribution is 2.36. The number of aryl methyl sites for hydroxylation is 2. The van der Waals surface area contributed by atoms with Crippen molar-refractivity contribution in [2.75, 3.05) is 0 Å². The van der Waals surface area contributed by atoms with Crippen LogP contribution >= 0.6 is 0 Å². The zero-order chi connectivity index (χ0) is 14.0. The summed E-state index contributed by atoms with van der Waals surface area (Å²) >= 11 is 0. The van der Waals surface area contributed by atoms with Crippen LogP contribution in [0.15, 0.2) is 30.4 Å². The van der Waals surface area contributed by atoms with E-state index in [1.54, 1.807) is 0 Å². The lowest BCUT2D eigenvalue weighted by Crippen LogP contribution is -2.29. The third-order valence-electron chi connectivity index (χ3n) is 4.08. The number of carboxylic acid groups (broad SMARTS) is 1. The second-order valence-electron chi connectivity index (χ2n) is 5.34. The molecule has 3 nitrogen and oxygen atoms in total. The number of aliphatic carboxylic acids is 1. The molecule has 0 amide bonds. The van der Waals surface area contributed by atoms with Gasteiger partial charge >= 0.3 is 5.97 Å². The fourth-order valence-electron chi connectivity index (χ4n) is 2.66. The number of allylic oxidation sites excluding steroid dienone is 2. The maximum Gasteiger partial charge on any atom is 0.307 e. The molecule has 1 aromatic rings. The topological polar surface area (TPSA) is 57.5 Å². The molecule has 0 saturated heterocycles. The molecule has 2 rings (SSSR count). The van der Waals surface area contributed by atoms with E-state index in [-0.39, 0.29) is 5.92 Å². The quantitative estimate of drug-likeness (QED) is 0.821. The van der Waals surface area contributed by atoms with Gasteiger partial charge in [0.25, 0.3) is 0 Å². The largest absolute Gasteiger partial charge is 0.481 e. The molecule has 3 heteroatoms. The maximum atomic E-state index is 11.3.